The number of piperidine rings is 1. The van der Waals surface area contributed by atoms with Gasteiger partial charge in [0.2, 0.25) is 0 Å². The molecule has 1 atom stereocenters. The molecule has 3 nitrogen and oxygen atoms in total. The highest BCUT2D eigenvalue weighted by atomic mass is 16.3. The summed E-state index contributed by atoms with van der Waals surface area (Å²) in [5, 5.41) is 3.74. The molecule has 1 saturated heterocycles. The van der Waals surface area contributed by atoms with Gasteiger partial charge in [-0.05, 0) is 51.3 Å². The van der Waals surface area contributed by atoms with E-state index in [9.17, 15) is 0 Å². The van der Waals surface area contributed by atoms with E-state index < -0.39 is 0 Å². The smallest absolute Gasteiger partial charge is 0.118 e. The maximum absolute atomic E-state index is 5.65. The predicted octanol–water partition coefficient (Wildman–Crippen LogP) is 2.30. The summed E-state index contributed by atoms with van der Waals surface area (Å²) in [6, 6.07) is 5.69. The quantitative estimate of drug-likeness (QED) is 0.866. The van der Waals surface area contributed by atoms with Crippen LogP contribution in [0.5, 0.6) is 0 Å². The number of likely N-dealkylation sites (tertiary alicyclic amines) is 1. The van der Waals surface area contributed by atoms with E-state index in [1.54, 1.807) is 0 Å². The van der Waals surface area contributed by atoms with Crippen molar-refractivity contribution in [2.75, 3.05) is 13.1 Å². The van der Waals surface area contributed by atoms with Crippen LogP contribution in [0.25, 0.3) is 0 Å². The molecule has 0 aromatic carbocycles. The van der Waals surface area contributed by atoms with Gasteiger partial charge in [-0.3, -0.25) is 4.90 Å². The summed E-state index contributed by atoms with van der Waals surface area (Å²) in [6.07, 6.45) is 5.41. The molecule has 0 bridgehead atoms. The fourth-order valence-corrected chi connectivity index (χ4v) is 2.71. The van der Waals surface area contributed by atoms with Crippen LogP contribution >= 0.6 is 0 Å². The fraction of sp³-hybridized carbons (Fsp3) is 0.714. The van der Waals surface area contributed by atoms with Crippen molar-refractivity contribution in [2.45, 2.75) is 51.2 Å². The average molecular weight is 234 g/mol. The van der Waals surface area contributed by atoms with E-state index in [2.05, 4.69) is 22.3 Å². The molecular weight excluding hydrogens is 212 g/mol. The lowest BCUT2D eigenvalue weighted by atomic mass is 10.1. The normalized spacial score (nSPS) is 26.3. The fourth-order valence-electron chi connectivity index (χ4n) is 2.71. The van der Waals surface area contributed by atoms with Crippen LogP contribution in [0.15, 0.2) is 16.5 Å². The highest BCUT2D eigenvalue weighted by molar-refractivity contribution is 5.05. The second kappa shape index (κ2) is 4.83. The van der Waals surface area contributed by atoms with Gasteiger partial charge in [-0.25, -0.2) is 0 Å². The van der Waals surface area contributed by atoms with Crippen molar-refractivity contribution in [3.63, 3.8) is 0 Å². The van der Waals surface area contributed by atoms with Gasteiger partial charge in [-0.1, -0.05) is 0 Å². The Morgan fingerprint density at radius 3 is 2.88 bits per heavy atom. The Morgan fingerprint density at radius 1 is 1.29 bits per heavy atom. The minimum atomic E-state index is 0.701. The van der Waals surface area contributed by atoms with Gasteiger partial charge in [0.15, 0.2) is 0 Å². The number of furan rings is 1. The standard InChI is InChI=1S/C14H22N2O/c1-11-4-7-14(17-11)10-16-8-2-3-13(9-16)15-12-5-6-12/h4,7,12-13,15H,2-3,5-6,8-10H2,1H3. The van der Waals surface area contributed by atoms with Crippen LogP contribution < -0.4 is 5.32 Å². The molecule has 2 heterocycles. The third-order valence-electron chi connectivity index (χ3n) is 3.73. The Balaban J connectivity index is 1.52. The zero-order valence-electron chi connectivity index (χ0n) is 10.6. The molecule has 2 aliphatic rings. The molecule has 1 aromatic rings. The summed E-state index contributed by atoms with van der Waals surface area (Å²) in [5.74, 6) is 2.12. The Morgan fingerprint density at radius 2 is 2.18 bits per heavy atom. The van der Waals surface area contributed by atoms with Crippen molar-refractivity contribution in [1.29, 1.82) is 0 Å². The van der Waals surface area contributed by atoms with Gasteiger partial charge in [0.25, 0.3) is 0 Å². The van der Waals surface area contributed by atoms with Crippen molar-refractivity contribution < 1.29 is 4.42 Å². The van der Waals surface area contributed by atoms with Crippen molar-refractivity contribution in [3.8, 4) is 0 Å². The molecular formula is C14H22N2O. The Bertz CT molecular complexity index is 370. The first kappa shape index (κ1) is 11.3. The third kappa shape index (κ3) is 3.11. The summed E-state index contributed by atoms with van der Waals surface area (Å²) in [4.78, 5) is 2.52. The predicted molar refractivity (Wildman–Crippen MR) is 67.9 cm³/mol. The SMILES string of the molecule is Cc1ccc(CN2CCCC(NC3CC3)C2)o1. The van der Waals surface area contributed by atoms with E-state index in [0.717, 1.165) is 24.1 Å². The summed E-state index contributed by atoms with van der Waals surface area (Å²) in [7, 11) is 0. The number of nitrogens with zero attached hydrogens (tertiary/aromatic N) is 1. The highest BCUT2D eigenvalue weighted by Crippen LogP contribution is 2.22. The molecule has 3 heteroatoms. The van der Waals surface area contributed by atoms with Crippen LogP contribution in [0, 0.1) is 6.92 Å². The second-order valence-electron chi connectivity index (χ2n) is 5.53. The minimum Gasteiger partial charge on any atom is -0.465 e. The van der Waals surface area contributed by atoms with E-state index in [0.29, 0.717) is 6.04 Å². The summed E-state index contributed by atoms with van der Waals surface area (Å²) in [6.45, 7) is 5.37. The maximum Gasteiger partial charge on any atom is 0.118 e. The lowest BCUT2D eigenvalue weighted by Gasteiger charge is -2.32. The van der Waals surface area contributed by atoms with Gasteiger partial charge in [-0.2, -0.15) is 0 Å². The number of rotatable bonds is 4. The van der Waals surface area contributed by atoms with Crippen molar-refractivity contribution in [3.05, 3.63) is 23.7 Å². The first-order valence-electron chi connectivity index (χ1n) is 6.83. The molecule has 17 heavy (non-hydrogen) atoms. The summed E-state index contributed by atoms with van der Waals surface area (Å²) >= 11 is 0. The number of aryl methyl sites for hydroxylation is 1. The molecule has 1 unspecified atom stereocenters. The molecule has 0 radical (unpaired) electrons. The van der Waals surface area contributed by atoms with Crippen LogP contribution in [0.1, 0.15) is 37.2 Å². The molecule has 3 rings (SSSR count). The molecule has 1 aromatic heterocycles. The van der Waals surface area contributed by atoms with Crippen LogP contribution in [-0.4, -0.2) is 30.1 Å². The monoisotopic (exact) mass is 234 g/mol. The lowest BCUT2D eigenvalue weighted by Crippen LogP contribution is -2.45. The third-order valence-corrected chi connectivity index (χ3v) is 3.73. The van der Waals surface area contributed by atoms with E-state index in [1.807, 2.05) is 6.92 Å². The zero-order chi connectivity index (χ0) is 11.7. The van der Waals surface area contributed by atoms with Gasteiger partial charge in [0.05, 0.1) is 6.54 Å². The van der Waals surface area contributed by atoms with Gasteiger partial charge >= 0.3 is 0 Å². The van der Waals surface area contributed by atoms with Gasteiger partial charge in [-0.15, -0.1) is 0 Å². The van der Waals surface area contributed by atoms with E-state index in [-0.39, 0.29) is 0 Å². The number of hydrogen-bond acceptors (Lipinski definition) is 3. The van der Waals surface area contributed by atoms with Crippen molar-refractivity contribution >= 4 is 0 Å². The molecule has 94 valence electrons. The van der Waals surface area contributed by atoms with E-state index in [4.69, 9.17) is 4.42 Å². The molecule has 2 fully saturated rings. The van der Waals surface area contributed by atoms with Gasteiger partial charge < -0.3 is 9.73 Å². The second-order valence-corrected chi connectivity index (χ2v) is 5.53. The van der Waals surface area contributed by atoms with E-state index in [1.165, 1.54) is 38.8 Å². The number of hydrogen-bond donors (Lipinski definition) is 1. The topological polar surface area (TPSA) is 28.4 Å². The van der Waals surface area contributed by atoms with Crippen LogP contribution in [0.2, 0.25) is 0 Å². The molecule has 1 N–H and O–H groups in total. The van der Waals surface area contributed by atoms with Gasteiger partial charge in [0, 0.05) is 18.6 Å². The van der Waals surface area contributed by atoms with Crippen LogP contribution in [0.3, 0.4) is 0 Å². The zero-order valence-corrected chi connectivity index (χ0v) is 10.6. The molecule has 1 saturated carbocycles. The molecule has 0 amide bonds. The van der Waals surface area contributed by atoms with Gasteiger partial charge in [0.1, 0.15) is 11.5 Å². The van der Waals surface area contributed by atoms with E-state index >= 15 is 0 Å². The summed E-state index contributed by atoms with van der Waals surface area (Å²) < 4.78 is 5.65. The lowest BCUT2D eigenvalue weighted by molar-refractivity contribution is 0.170. The Kier molecular flexibility index (Phi) is 3.21. The Hall–Kier alpha value is -0.800. The highest BCUT2D eigenvalue weighted by Gasteiger charge is 2.27. The van der Waals surface area contributed by atoms with Crippen LogP contribution in [-0.2, 0) is 6.54 Å². The van der Waals surface area contributed by atoms with Crippen molar-refractivity contribution in [2.24, 2.45) is 0 Å². The average Bonchev–Trinajstić information content (AvgIpc) is 3.02. The summed E-state index contributed by atoms with van der Waals surface area (Å²) in [5.41, 5.74) is 0. The molecule has 1 aliphatic carbocycles. The van der Waals surface area contributed by atoms with Crippen LogP contribution in [0.4, 0.5) is 0 Å². The Labute approximate surface area is 103 Å². The first-order chi connectivity index (χ1) is 8.29. The molecule has 1 aliphatic heterocycles. The maximum atomic E-state index is 5.65. The first-order valence-corrected chi connectivity index (χ1v) is 6.83. The minimum absolute atomic E-state index is 0.701. The van der Waals surface area contributed by atoms with Crippen molar-refractivity contribution in [1.82, 2.24) is 10.2 Å². The largest absolute Gasteiger partial charge is 0.465 e. The number of nitrogens with one attached hydrogen (secondary N) is 1. The molecule has 0 spiro atoms.